The Bertz CT molecular complexity index is 1180. The van der Waals surface area contributed by atoms with Gasteiger partial charge in [0.1, 0.15) is 11.4 Å². The molecule has 2 unspecified atom stereocenters. The summed E-state index contributed by atoms with van der Waals surface area (Å²) in [7, 11) is 1.63. The number of anilines is 3. The minimum Gasteiger partial charge on any atom is -0.356 e. The number of fused-ring (bicyclic) bond motifs is 1. The van der Waals surface area contributed by atoms with Crippen LogP contribution in [-0.2, 0) is 6.54 Å². The predicted molar refractivity (Wildman–Crippen MR) is 142 cm³/mol. The minimum atomic E-state index is -1.05. The van der Waals surface area contributed by atoms with Crippen molar-refractivity contribution in [1.82, 2.24) is 20.0 Å². The van der Waals surface area contributed by atoms with Crippen LogP contribution in [0.1, 0.15) is 60.6 Å². The Labute approximate surface area is 212 Å². The Balaban J connectivity index is 1.52. The molecule has 2 aromatic carbocycles. The van der Waals surface area contributed by atoms with E-state index in [1.165, 1.54) is 29.7 Å². The summed E-state index contributed by atoms with van der Waals surface area (Å²) in [6.07, 6.45) is 2.61. The molecule has 5 rings (SSSR count). The molecule has 8 heteroatoms. The fourth-order valence-corrected chi connectivity index (χ4v) is 5.09. The van der Waals surface area contributed by atoms with Crippen molar-refractivity contribution in [3.63, 3.8) is 0 Å². The summed E-state index contributed by atoms with van der Waals surface area (Å²) in [6, 6.07) is 18.9. The van der Waals surface area contributed by atoms with Gasteiger partial charge in [-0.1, -0.05) is 62.7 Å². The van der Waals surface area contributed by atoms with Crippen molar-refractivity contribution in [2.75, 3.05) is 30.4 Å². The third-order valence-corrected chi connectivity index (χ3v) is 6.99. The molecule has 0 saturated carbocycles. The number of para-hydroxylation sites is 1. The zero-order chi connectivity index (χ0) is 25.2. The van der Waals surface area contributed by atoms with Gasteiger partial charge >= 0.3 is 0 Å². The van der Waals surface area contributed by atoms with Gasteiger partial charge in [-0.3, -0.25) is 9.69 Å². The van der Waals surface area contributed by atoms with Gasteiger partial charge in [-0.2, -0.15) is 5.10 Å². The van der Waals surface area contributed by atoms with E-state index in [1.54, 1.807) is 7.05 Å². The molecule has 3 heterocycles. The molecular formula is C28H36N6O2. The average molecular weight is 489 g/mol. The van der Waals surface area contributed by atoms with Crippen LogP contribution in [0.5, 0.6) is 0 Å². The lowest BCUT2D eigenvalue weighted by Gasteiger charge is -2.39. The second-order valence-electron chi connectivity index (χ2n) is 10.2. The Morgan fingerprint density at radius 2 is 1.86 bits per heavy atom. The summed E-state index contributed by atoms with van der Waals surface area (Å²) >= 11 is 0. The fraction of sp³-hybridized carbons (Fsp3) is 0.429. The first kappa shape index (κ1) is 24.3. The van der Waals surface area contributed by atoms with Crippen LogP contribution in [-0.4, -0.2) is 52.2 Å². The van der Waals surface area contributed by atoms with E-state index in [9.17, 15) is 9.90 Å². The molecule has 0 spiro atoms. The number of rotatable bonds is 7. The van der Waals surface area contributed by atoms with Crippen molar-refractivity contribution >= 4 is 23.2 Å². The van der Waals surface area contributed by atoms with Gasteiger partial charge in [0.15, 0.2) is 5.82 Å². The average Bonchev–Trinajstić information content (AvgIpc) is 3.24. The third kappa shape index (κ3) is 4.83. The van der Waals surface area contributed by atoms with E-state index < -0.39 is 6.35 Å². The van der Waals surface area contributed by atoms with Gasteiger partial charge in [0.25, 0.3) is 5.91 Å². The van der Waals surface area contributed by atoms with Crippen molar-refractivity contribution in [2.45, 2.75) is 52.0 Å². The molecule has 36 heavy (non-hydrogen) atoms. The number of aliphatic hydroxyl groups excluding tert-OH is 1. The highest BCUT2D eigenvalue weighted by Crippen LogP contribution is 2.36. The summed E-state index contributed by atoms with van der Waals surface area (Å²) in [4.78, 5) is 16.6. The number of aliphatic hydroxyl groups is 1. The van der Waals surface area contributed by atoms with Crippen LogP contribution >= 0.6 is 0 Å². The van der Waals surface area contributed by atoms with E-state index in [-0.39, 0.29) is 11.8 Å². The molecule has 1 fully saturated rings. The van der Waals surface area contributed by atoms with Crippen LogP contribution < -0.4 is 15.5 Å². The highest BCUT2D eigenvalue weighted by atomic mass is 16.3. The number of aromatic nitrogens is 2. The molecule has 3 N–H and O–H groups in total. The second kappa shape index (κ2) is 10.3. The van der Waals surface area contributed by atoms with Crippen molar-refractivity contribution < 1.29 is 9.90 Å². The van der Waals surface area contributed by atoms with Crippen LogP contribution in [0.4, 0.5) is 17.3 Å². The van der Waals surface area contributed by atoms with E-state index in [4.69, 9.17) is 5.10 Å². The molecule has 8 nitrogen and oxygen atoms in total. The van der Waals surface area contributed by atoms with Gasteiger partial charge < -0.3 is 20.6 Å². The van der Waals surface area contributed by atoms with Crippen molar-refractivity contribution in [3.05, 3.63) is 71.3 Å². The van der Waals surface area contributed by atoms with Crippen molar-refractivity contribution in [1.29, 1.82) is 0 Å². The smallest absolute Gasteiger partial charge is 0.264 e. The molecule has 1 aromatic heterocycles. The fourth-order valence-electron chi connectivity index (χ4n) is 5.09. The molecule has 0 bridgehead atoms. The summed E-state index contributed by atoms with van der Waals surface area (Å²) in [5.41, 5.74) is 3.76. The summed E-state index contributed by atoms with van der Waals surface area (Å²) in [6.45, 7) is 6.33. The van der Waals surface area contributed by atoms with E-state index in [1.807, 2.05) is 39.9 Å². The lowest BCUT2D eigenvalue weighted by atomic mass is 9.97. The highest BCUT2D eigenvalue weighted by Gasteiger charge is 2.40. The van der Waals surface area contributed by atoms with E-state index >= 15 is 0 Å². The van der Waals surface area contributed by atoms with Crippen LogP contribution in [0.2, 0.25) is 0 Å². The maximum absolute atomic E-state index is 13.4. The summed E-state index contributed by atoms with van der Waals surface area (Å²) in [5.74, 6) is 1.18. The first-order chi connectivity index (χ1) is 17.4. The number of carbonyl (C=O) groups excluding carboxylic acids is 1. The quantitative estimate of drug-likeness (QED) is 0.460. The standard InChI is InChI=1S/C28H36N6O2/c1-19(2)17-33-26-24(27(35)32(3)28(33)36)25(30-22-9-5-4-6-10-22)34(31-26)18-20-12-14-21(15-13-20)23-11-7-8-16-29-23/h4-6,9-10,12-15,19,23,28-30,36H,7-8,11,16-18H2,1-3H3. The number of amides is 1. The predicted octanol–water partition coefficient (Wildman–Crippen LogP) is 4.31. The van der Waals surface area contributed by atoms with Crippen LogP contribution in [0.25, 0.3) is 0 Å². The first-order valence-corrected chi connectivity index (χ1v) is 12.9. The number of carbonyl (C=O) groups is 1. The number of nitrogens with one attached hydrogen (secondary N) is 2. The molecule has 0 aliphatic carbocycles. The molecule has 190 valence electrons. The lowest BCUT2D eigenvalue weighted by molar-refractivity contribution is 0.0124. The highest BCUT2D eigenvalue weighted by molar-refractivity contribution is 6.06. The van der Waals surface area contributed by atoms with Crippen LogP contribution in [0.15, 0.2) is 54.6 Å². The van der Waals surface area contributed by atoms with Gasteiger partial charge in [-0.25, -0.2) is 4.68 Å². The number of hydrogen-bond donors (Lipinski definition) is 3. The Morgan fingerprint density at radius 3 is 2.53 bits per heavy atom. The minimum absolute atomic E-state index is 0.249. The van der Waals surface area contributed by atoms with Gasteiger partial charge in [-0.05, 0) is 48.6 Å². The number of nitrogens with zero attached hydrogens (tertiary/aromatic N) is 4. The molecule has 2 atom stereocenters. The molecule has 2 aliphatic rings. The maximum Gasteiger partial charge on any atom is 0.264 e. The zero-order valence-electron chi connectivity index (χ0n) is 21.3. The SMILES string of the molecule is CC(C)CN1c2nn(Cc3ccc(C4CCCCN4)cc3)c(Nc3ccccc3)c2C(=O)N(C)C1O. The van der Waals surface area contributed by atoms with Gasteiger partial charge in [0.2, 0.25) is 6.35 Å². The third-order valence-electron chi connectivity index (χ3n) is 6.99. The van der Waals surface area contributed by atoms with Gasteiger partial charge in [-0.15, -0.1) is 0 Å². The Kier molecular flexibility index (Phi) is 6.98. The largest absolute Gasteiger partial charge is 0.356 e. The zero-order valence-corrected chi connectivity index (χ0v) is 21.3. The second-order valence-corrected chi connectivity index (χ2v) is 10.2. The molecule has 1 saturated heterocycles. The summed E-state index contributed by atoms with van der Waals surface area (Å²) in [5, 5.41) is 22.8. The molecule has 2 aliphatic heterocycles. The number of piperidine rings is 1. The molecule has 3 aromatic rings. The van der Waals surface area contributed by atoms with E-state index in [0.717, 1.165) is 17.8 Å². The molecule has 0 radical (unpaired) electrons. The first-order valence-electron chi connectivity index (χ1n) is 12.9. The molecule has 1 amide bonds. The van der Waals surface area contributed by atoms with E-state index in [0.29, 0.717) is 36.3 Å². The van der Waals surface area contributed by atoms with Crippen molar-refractivity contribution in [3.8, 4) is 0 Å². The normalized spacial score (nSPS) is 20.1. The topological polar surface area (TPSA) is 85.7 Å². The lowest BCUT2D eigenvalue weighted by Crippen LogP contribution is -2.54. The molecular weight excluding hydrogens is 452 g/mol. The Hall–Kier alpha value is -3.36. The Morgan fingerprint density at radius 1 is 1.11 bits per heavy atom. The number of benzene rings is 2. The maximum atomic E-state index is 13.4. The van der Waals surface area contributed by atoms with Gasteiger partial charge in [0.05, 0.1) is 6.54 Å². The van der Waals surface area contributed by atoms with Crippen molar-refractivity contribution in [2.24, 2.45) is 5.92 Å². The van der Waals surface area contributed by atoms with Gasteiger partial charge in [0, 0.05) is 25.3 Å². The van der Waals surface area contributed by atoms with Crippen LogP contribution in [0, 0.1) is 5.92 Å². The van der Waals surface area contributed by atoms with E-state index in [2.05, 4.69) is 48.7 Å². The monoisotopic (exact) mass is 488 g/mol. The summed E-state index contributed by atoms with van der Waals surface area (Å²) < 4.78 is 1.85. The number of hydrogen-bond acceptors (Lipinski definition) is 6. The van der Waals surface area contributed by atoms with Crippen LogP contribution in [0.3, 0.4) is 0 Å².